The number of anilines is 1. The van der Waals surface area contributed by atoms with Gasteiger partial charge in [0.05, 0.1) is 30.3 Å². The number of nitrogens with one attached hydrogen (secondary N) is 1. The first-order chi connectivity index (χ1) is 17.2. The topological polar surface area (TPSA) is 99.6 Å². The van der Waals surface area contributed by atoms with Crippen molar-refractivity contribution in [1.82, 2.24) is 9.97 Å². The predicted molar refractivity (Wildman–Crippen MR) is 123 cm³/mol. The Kier molecular flexibility index (Phi) is 6.47. The molecule has 8 nitrogen and oxygen atoms in total. The van der Waals surface area contributed by atoms with Crippen molar-refractivity contribution in [2.75, 3.05) is 24.5 Å². The molecule has 0 saturated carbocycles. The highest BCUT2D eigenvalue weighted by atomic mass is 32.2. The Morgan fingerprint density at radius 2 is 1.78 bits per heavy atom. The van der Waals surface area contributed by atoms with Crippen LogP contribution < -0.4 is 14.2 Å². The van der Waals surface area contributed by atoms with E-state index >= 15 is 0 Å². The Labute approximate surface area is 205 Å². The van der Waals surface area contributed by atoms with Crippen LogP contribution in [0.5, 0.6) is 11.5 Å². The minimum atomic E-state index is -4.52. The molecule has 12 heteroatoms. The van der Waals surface area contributed by atoms with E-state index in [0.717, 1.165) is 12.1 Å². The Bertz CT molecular complexity index is 1350. The number of alkyl halides is 3. The minimum absolute atomic E-state index is 0.0543. The van der Waals surface area contributed by atoms with E-state index in [1.165, 1.54) is 30.6 Å². The van der Waals surface area contributed by atoms with Gasteiger partial charge in [-0.25, -0.2) is 23.1 Å². The quantitative estimate of drug-likeness (QED) is 0.514. The Morgan fingerprint density at radius 1 is 1.00 bits per heavy atom. The number of rotatable bonds is 6. The fraction of sp³-hybridized carbons (Fsp3) is 0.333. The van der Waals surface area contributed by atoms with Crippen molar-refractivity contribution in [3.63, 3.8) is 0 Å². The lowest BCUT2D eigenvalue weighted by atomic mass is 9.85. The largest absolute Gasteiger partial charge is 0.493 e. The highest BCUT2D eigenvalue weighted by molar-refractivity contribution is 7.92. The van der Waals surface area contributed by atoms with E-state index in [9.17, 15) is 21.6 Å². The number of benzene rings is 2. The number of fused-ring (bicyclic) bond motifs is 1. The normalized spacial score (nSPS) is 19.9. The minimum Gasteiger partial charge on any atom is -0.493 e. The van der Waals surface area contributed by atoms with Crippen molar-refractivity contribution in [3.05, 3.63) is 71.5 Å². The summed E-state index contributed by atoms with van der Waals surface area (Å²) in [5, 5.41) is 0. The molecule has 0 unspecified atom stereocenters. The van der Waals surface area contributed by atoms with Crippen LogP contribution in [0.25, 0.3) is 0 Å². The first-order valence-corrected chi connectivity index (χ1v) is 12.7. The lowest BCUT2D eigenvalue weighted by Gasteiger charge is -2.29. The molecule has 0 bridgehead atoms. The molecule has 1 aromatic heterocycles. The molecule has 2 atom stereocenters. The van der Waals surface area contributed by atoms with Gasteiger partial charge in [0.25, 0.3) is 10.0 Å². The van der Waals surface area contributed by atoms with Crippen LogP contribution in [0.15, 0.2) is 59.8 Å². The van der Waals surface area contributed by atoms with Gasteiger partial charge >= 0.3 is 6.18 Å². The fourth-order valence-electron chi connectivity index (χ4n) is 4.28. The van der Waals surface area contributed by atoms with Crippen molar-refractivity contribution in [2.24, 2.45) is 0 Å². The third-order valence-corrected chi connectivity index (χ3v) is 7.35. The van der Waals surface area contributed by atoms with Gasteiger partial charge in [-0.15, -0.1) is 0 Å². The van der Waals surface area contributed by atoms with Gasteiger partial charge in [0.2, 0.25) is 5.95 Å². The second kappa shape index (κ2) is 9.58. The van der Waals surface area contributed by atoms with Crippen LogP contribution in [0.4, 0.5) is 19.1 Å². The number of halogens is 3. The van der Waals surface area contributed by atoms with E-state index in [2.05, 4.69) is 14.7 Å². The summed E-state index contributed by atoms with van der Waals surface area (Å²) in [4.78, 5) is 7.68. The van der Waals surface area contributed by atoms with Crippen molar-refractivity contribution >= 4 is 16.0 Å². The molecule has 2 aromatic carbocycles. The van der Waals surface area contributed by atoms with Gasteiger partial charge in [-0.1, -0.05) is 12.1 Å². The fourth-order valence-corrected chi connectivity index (χ4v) is 5.25. The molecule has 190 valence electrons. The summed E-state index contributed by atoms with van der Waals surface area (Å²) in [6, 6.07) is 9.45. The van der Waals surface area contributed by atoms with Crippen LogP contribution >= 0.6 is 0 Å². The van der Waals surface area contributed by atoms with Gasteiger partial charge in [0.15, 0.2) is 0 Å². The lowest BCUT2D eigenvalue weighted by molar-refractivity contribution is -0.137. The molecule has 1 fully saturated rings. The monoisotopic (exact) mass is 521 g/mol. The maximum absolute atomic E-state index is 13.4. The standard InChI is InChI=1S/C24H22F3N3O5S/c25-24(26,27)15-2-4-20(22(12-15)35-16-6-10-33-14-16)18-7-11-34-21-13-17(3-5-19(18)21)36(31,32)30-23-28-8-1-9-29-23/h1-5,8-9,12-13,16,18H,6-7,10-11,14H2,(H,28,29,30)/t16-,18-/m0/s1. The lowest BCUT2D eigenvalue weighted by Crippen LogP contribution is -2.21. The molecule has 0 aliphatic carbocycles. The highest BCUT2D eigenvalue weighted by Crippen LogP contribution is 2.44. The number of nitrogens with zero attached hydrogens (tertiary/aromatic N) is 2. The van der Waals surface area contributed by atoms with Gasteiger partial charge in [-0.3, -0.25) is 0 Å². The van der Waals surface area contributed by atoms with E-state index in [1.54, 1.807) is 12.1 Å². The van der Waals surface area contributed by atoms with Crippen LogP contribution in [0, 0.1) is 0 Å². The smallest absolute Gasteiger partial charge is 0.416 e. The summed E-state index contributed by atoms with van der Waals surface area (Å²) in [6.07, 6.45) is -0.975. The van der Waals surface area contributed by atoms with Crippen LogP contribution in [0.3, 0.4) is 0 Å². The third-order valence-electron chi connectivity index (χ3n) is 6.02. The molecule has 0 spiro atoms. The molecule has 3 heterocycles. The summed E-state index contributed by atoms with van der Waals surface area (Å²) < 4.78 is 85.3. The van der Waals surface area contributed by atoms with Gasteiger partial charge in [-0.05, 0) is 30.7 Å². The maximum atomic E-state index is 13.4. The molecule has 5 rings (SSSR count). The second-order valence-electron chi connectivity index (χ2n) is 8.42. The predicted octanol–water partition coefficient (Wildman–Crippen LogP) is 4.38. The van der Waals surface area contributed by atoms with E-state index in [0.29, 0.717) is 42.9 Å². The molecule has 36 heavy (non-hydrogen) atoms. The van der Waals surface area contributed by atoms with Crippen molar-refractivity contribution in [1.29, 1.82) is 0 Å². The van der Waals surface area contributed by atoms with Crippen LogP contribution in [-0.2, 0) is 20.9 Å². The summed E-state index contributed by atoms with van der Waals surface area (Å²) in [5.41, 5.74) is 0.428. The van der Waals surface area contributed by atoms with Crippen LogP contribution in [0.1, 0.15) is 35.4 Å². The van der Waals surface area contributed by atoms with Gasteiger partial charge in [-0.2, -0.15) is 13.2 Å². The van der Waals surface area contributed by atoms with Crippen LogP contribution in [-0.4, -0.2) is 44.3 Å². The Balaban J connectivity index is 1.49. The van der Waals surface area contributed by atoms with E-state index in [-0.39, 0.29) is 35.2 Å². The zero-order valence-corrected chi connectivity index (χ0v) is 19.7. The molecule has 2 aliphatic heterocycles. The molecule has 1 saturated heterocycles. The SMILES string of the molecule is O=S(=O)(Nc1ncccn1)c1ccc2c(c1)OCC[C@@H]2c1ccc(C(F)(F)F)cc1O[C@H]1CCOC1. The summed E-state index contributed by atoms with van der Waals surface area (Å²) >= 11 is 0. The van der Waals surface area contributed by atoms with Gasteiger partial charge < -0.3 is 14.2 Å². The first kappa shape index (κ1) is 24.3. The van der Waals surface area contributed by atoms with Crippen LogP contribution in [0.2, 0.25) is 0 Å². The number of aromatic nitrogens is 2. The molecule has 2 aliphatic rings. The molecule has 3 aromatic rings. The van der Waals surface area contributed by atoms with E-state index in [4.69, 9.17) is 14.2 Å². The Hall–Kier alpha value is -3.38. The maximum Gasteiger partial charge on any atom is 0.416 e. The average Bonchev–Trinajstić information content (AvgIpc) is 3.36. The van der Waals surface area contributed by atoms with E-state index in [1.807, 2.05) is 0 Å². The highest BCUT2D eigenvalue weighted by Gasteiger charge is 2.34. The van der Waals surface area contributed by atoms with Crippen molar-refractivity contribution in [2.45, 2.75) is 35.9 Å². The van der Waals surface area contributed by atoms with Gasteiger partial charge in [0, 0.05) is 41.9 Å². The van der Waals surface area contributed by atoms with E-state index < -0.39 is 21.8 Å². The third kappa shape index (κ3) is 5.09. The Morgan fingerprint density at radius 3 is 2.50 bits per heavy atom. The number of hydrogen-bond donors (Lipinski definition) is 1. The summed E-state index contributed by atoms with van der Waals surface area (Å²) in [5.74, 6) is 0.0443. The molecular weight excluding hydrogens is 499 g/mol. The molecule has 0 amide bonds. The van der Waals surface area contributed by atoms with Crippen molar-refractivity contribution < 1.29 is 35.8 Å². The molecular formula is C24H22F3N3O5S. The summed E-state index contributed by atoms with van der Waals surface area (Å²) in [7, 11) is -3.99. The summed E-state index contributed by atoms with van der Waals surface area (Å²) in [6.45, 7) is 1.04. The zero-order chi connectivity index (χ0) is 25.3. The average molecular weight is 522 g/mol. The number of ether oxygens (including phenoxy) is 3. The molecule has 0 radical (unpaired) electrons. The number of hydrogen-bond acceptors (Lipinski definition) is 7. The van der Waals surface area contributed by atoms with Gasteiger partial charge in [0.1, 0.15) is 17.6 Å². The van der Waals surface area contributed by atoms with Crippen molar-refractivity contribution in [3.8, 4) is 11.5 Å². The zero-order valence-electron chi connectivity index (χ0n) is 18.9. The number of sulfonamides is 1. The molecule has 1 N–H and O–H groups in total. The second-order valence-corrected chi connectivity index (χ2v) is 10.1. The first-order valence-electron chi connectivity index (χ1n) is 11.2.